The van der Waals surface area contributed by atoms with E-state index in [0.717, 1.165) is 38.6 Å². The molecule has 9 heteroatoms. The minimum atomic E-state index is -4.53. The first-order valence-corrected chi connectivity index (χ1v) is 11.9. The summed E-state index contributed by atoms with van der Waals surface area (Å²) in [5.41, 5.74) is 1.47. The van der Waals surface area contributed by atoms with Crippen molar-refractivity contribution in [3.8, 4) is 10.4 Å². The molecule has 3 aromatic heterocycles. The zero-order valence-electron chi connectivity index (χ0n) is 18.1. The lowest BCUT2D eigenvalue weighted by Gasteiger charge is -2.26. The Morgan fingerprint density at radius 2 is 1.94 bits per heavy atom. The van der Waals surface area contributed by atoms with Gasteiger partial charge in [-0.25, -0.2) is 15.0 Å². The summed E-state index contributed by atoms with van der Waals surface area (Å²) in [5, 5.41) is 5.10. The average molecular weight is 472 g/mol. The molecule has 4 aromatic rings. The second kappa shape index (κ2) is 8.78. The van der Waals surface area contributed by atoms with Crippen LogP contribution in [0.1, 0.15) is 55.6 Å². The lowest BCUT2D eigenvalue weighted by atomic mass is 9.81. The quantitative estimate of drug-likeness (QED) is 0.316. The molecule has 1 fully saturated rings. The lowest BCUT2D eigenvalue weighted by Crippen LogP contribution is -2.13. The maximum Gasteiger partial charge on any atom is 0.433 e. The molecule has 0 saturated heterocycles. The summed E-state index contributed by atoms with van der Waals surface area (Å²) in [6, 6.07) is 6.62. The third-order valence-electron chi connectivity index (χ3n) is 6.41. The van der Waals surface area contributed by atoms with Crippen LogP contribution in [0.25, 0.3) is 21.3 Å². The topological polar surface area (TPSA) is 66.5 Å². The fraction of sp³-hybridized carbons (Fsp3) is 0.375. The smallest absolute Gasteiger partial charge is 0.361 e. The molecule has 33 heavy (non-hydrogen) atoms. The van der Waals surface area contributed by atoms with Crippen LogP contribution in [0.5, 0.6) is 0 Å². The molecule has 1 aliphatic carbocycles. The molecule has 1 saturated carbocycles. The summed E-state index contributed by atoms with van der Waals surface area (Å²) in [6.45, 7) is 2.27. The molecule has 2 N–H and O–H groups in total. The predicted octanol–water partition coefficient (Wildman–Crippen LogP) is 7.53. The van der Waals surface area contributed by atoms with Gasteiger partial charge in [0.2, 0.25) is 5.95 Å². The van der Waals surface area contributed by atoms with Gasteiger partial charge in [-0.2, -0.15) is 13.2 Å². The fourth-order valence-electron chi connectivity index (χ4n) is 4.61. The second-order valence-corrected chi connectivity index (χ2v) is 9.66. The number of rotatable bonds is 5. The number of benzene rings is 1. The normalized spacial score (nSPS) is 16.2. The van der Waals surface area contributed by atoms with E-state index in [1.807, 2.05) is 30.6 Å². The van der Waals surface area contributed by atoms with E-state index < -0.39 is 11.9 Å². The highest BCUT2D eigenvalue weighted by molar-refractivity contribution is 7.15. The molecule has 3 heterocycles. The van der Waals surface area contributed by atoms with Crippen LogP contribution in [-0.2, 0) is 6.18 Å². The summed E-state index contributed by atoms with van der Waals surface area (Å²) in [7, 11) is 0. The van der Waals surface area contributed by atoms with E-state index in [2.05, 4.69) is 27.2 Å². The van der Waals surface area contributed by atoms with Gasteiger partial charge in [-0.05, 0) is 43.0 Å². The standard InChI is InChI=1S/C24H24F3N5S/c1-14(15-5-3-2-4-6-15)22-30-13-20(33-22)18-11-16(12-19-17(18)7-9-28-19)31-23-29-10-8-21(32-23)24(25,26)27/h7-15,28H,2-6H2,1H3,(H,29,31,32). The van der Waals surface area contributed by atoms with Crippen molar-refractivity contribution in [1.82, 2.24) is 19.9 Å². The summed E-state index contributed by atoms with van der Waals surface area (Å²) in [5.74, 6) is 0.999. The number of nitrogens with zero attached hydrogens (tertiary/aromatic N) is 3. The van der Waals surface area contributed by atoms with Crippen LogP contribution < -0.4 is 5.32 Å². The molecule has 0 spiro atoms. The third kappa shape index (κ3) is 4.59. The Labute approximate surface area is 193 Å². The monoisotopic (exact) mass is 471 g/mol. The van der Waals surface area contributed by atoms with Crippen molar-refractivity contribution >= 4 is 33.9 Å². The number of aromatic nitrogens is 4. The van der Waals surface area contributed by atoms with Crippen LogP contribution in [0, 0.1) is 5.92 Å². The van der Waals surface area contributed by atoms with Gasteiger partial charge in [0.25, 0.3) is 0 Å². The molecule has 172 valence electrons. The highest BCUT2D eigenvalue weighted by Crippen LogP contribution is 2.41. The Morgan fingerprint density at radius 1 is 1.12 bits per heavy atom. The molecule has 1 aromatic carbocycles. The number of H-pyrrole nitrogens is 1. The maximum atomic E-state index is 13.0. The molecule has 0 amide bonds. The minimum Gasteiger partial charge on any atom is -0.361 e. The number of thiazole rings is 1. The summed E-state index contributed by atoms with van der Waals surface area (Å²) < 4.78 is 39.1. The van der Waals surface area contributed by atoms with Crippen LogP contribution >= 0.6 is 11.3 Å². The van der Waals surface area contributed by atoms with Crippen molar-refractivity contribution in [1.29, 1.82) is 0 Å². The van der Waals surface area contributed by atoms with Crippen LogP contribution in [-0.4, -0.2) is 19.9 Å². The number of anilines is 2. The molecule has 1 unspecified atom stereocenters. The van der Waals surface area contributed by atoms with Gasteiger partial charge in [0.15, 0.2) is 0 Å². The number of alkyl halides is 3. The van der Waals surface area contributed by atoms with Gasteiger partial charge in [-0.15, -0.1) is 11.3 Å². The highest BCUT2D eigenvalue weighted by atomic mass is 32.1. The molecule has 5 rings (SSSR count). The van der Waals surface area contributed by atoms with Crippen molar-refractivity contribution in [3.05, 3.63) is 53.6 Å². The molecular formula is C24H24F3N5S. The van der Waals surface area contributed by atoms with Crippen molar-refractivity contribution < 1.29 is 13.2 Å². The Morgan fingerprint density at radius 3 is 2.73 bits per heavy atom. The SMILES string of the molecule is CC(c1ncc(-c2cc(Nc3nccc(C(F)(F)F)n3)cc3[nH]ccc23)s1)C1CCCCC1. The molecular weight excluding hydrogens is 447 g/mol. The molecule has 1 aliphatic rings. The largest absolute Gasteiger partial charge is 0.433 e. The van der Waals surface area contributed by atoms with Crippen molar-refractivity contribution in [2.75, 3.05) is 5.32 Å². The van der Waals surface area contributed by atoms with Gasteiger partial charge >= 0.3 is 6.18 Å². The maximum absolute atomic E-state index is 13.0. The van der Waals surface area contributed by atoms with Crippen molar-refractivity contribution in [3.63, 3.8) is 0 Å². The summed E-state index contributed by atoms with van der Waals surface area (Å²) >= 11 is 1.69. The number of aromatic amines is 1. The van der Waals surface area contributed by atoms with Gasteiger partial charge in [-0.1, -0.05) is 26.2 Å². The third-order valence-corrected chi connectivity index (χ3v) is 7.64. The molecule has 0 radical (unpaired) electrons. The van der Waals surface area contributed by atoms with Gasteiger partial charge < -0.3 is 10.3 Å². The van der Waals surface area contributed by atoms with Crippen LogP contribution in [0.4, 0.5) is 24.8 Å². The van der Waals surface area contributed by atoms with Gasteiger partial charge in [0.1, 0.15) is 5.69 Å². The van der Waals surface area contributed by atoms with Gasteiger partial charge in [0, 0.05) is 46.7 Å². The number of nitrogens with one attached hydrogen (secondary N) is 2. The molecule has 0 bridgehead atoms. The Hall–Kier alpha value is -2.94. The summed E-state index contributed by atoms with van der Waals surface area (Å²) in [4.78, 5) is 16.6. The molecule has 1 atom stereocenters. The highest BCUT2D eigenvalue weighted by Gasteiger charge is 2.32. The number of hydrogen-bond donors (Lipinski definition) is 2. The number of fused-ring (bicyclic) bond motifs is 1. The van der Waals surface area contributed by atoms with Gasteiger partial charge in [-0.3, -0.25) is 0 Å². The first-order chi connectivity index (χ1) is 15.9. The molecule has 5 nitrogen and oxygen atoms in total. The van der Waals surface area contributed by atoms with E-state index >= 15 is 0 Å². The fourth-order valence-corrected chi connectivity index (χ4v) is 5.70. The van der Waals surface area contributed by atoms with E-state index in [1.54, 1.807) is 11.3 Å². The zero-order chi connectivity index (χ0) is 23.0. The second-order valence-electron chi connectivity index (χ2n) is 8.60. The predicted molar refractivity (Wildman–Crippen MR) is 125 cm³/mol. The van der Waals surface area contributed by atoms with Crippen LogP contribution in [0.15, 0.2) is 42.9 Å². The van der Waals surface area contributed by atoms with E-state index in [0.29, 0.717) is 17.5 Å². The minimum absolute atomic E-state index is 0.0994. The lowest BCUT2D eigenvalue weighted by molar-refractivity contribution is -0.141. The average Bonchev–Trinajstić information content (AvgIpc) is 3.48. The summed E-state index contributed by atoms with van der Waals surface area (Å²) in [6.07, 6.45) is 6.77. The van der Waals surface area contributed by atoms with Crippen LogP contribution in [0.2, 0.25) is 0 Å². The Bertz CT molecular complexity index is 1260. The molecule has 0 aliphatic heterocycles. The number of hydrogen-bond acceptors (Lipinski definition) is 5. The van der Waals surface area contributed by atoms with Crippen LogP contribution in [0.3, 0.4) is 0 Å². The van der Waals surface area contributed by atoms with Gasteiger partial charge in [0.05, 0.1) is 9.88 Å². The number of halogens is 3. The van der Waals surface area contributed by atoms with E-state index in [-0.39, 0.29) is 5.95 Å². The van der Waals surface area contributed by atoms with E-state index in [4.69, 9.17) is 4.98 Å². The Kier molecular flexibility index (Phi) is 5.82. The zero-order valence-corrected chi connectivity index (χ0v) is 18.9. The Balaban J connectivity index is 1.46. The van der Waals surface area contributed by atoms with Crippen molar-refractivity contribution in [2.24, 2.45) is 5.92 Å². The first-order valence-electron chi connectivity index (χ1n) is 11.1. The first kappa shape index (κ1) is 21.9. The van der Waals surface area contributed by atoms with E-state index in [9.17, 15) is 13.2 Å². The van der Waals surface area contributed by atoms with Crippen molar-refractivity contribution in [2.45, 2.75) is 51.1 Å². The van der Waals surface area contributed by atoms with E-state index in [1.165, 1.54) is 32.1 Å².